The molecule has 1 saturated heterocycles. The minimum atomic E-state index is -0.0546. The van der Waals surface area contributed by atoms with Crippen molar-refractivity contribution in [3.05, 3.63) is 28.8 Å². The maximum absolute atomic E-state index is 12.3. The minimum absolute atomic E-state index is 0.0546. The number of hydrogen-bond donors (Lipinski definition) is 1. The molecule has 0 bridgehead atoms. The molecule has 0 aromatic heterocycles. The second-order valence-corrected chi connectivity index (χ2v) is 5.02. The molecule has 1 amide bonds. The van der Waals surface area contributed by atoms with Gasteiger partial charge in [0.15, 0.2) is 0 Å². The Labute approximate surface area is 111 Å². The molecule has 1 aliphatic heterocycles. The van der Waals surface area contributed by atoms with Crippen LogP contribution in [0.25, 0.3) is 0 Å². The van der Waals surface area contributed by atoms with Gasteiger partial charge in [0.05, 0.1) is 23.3 Å². The maximum atomic E-state index is 12.3. The first-order valence-corrected chi connectivity index (χ1v) is 6.30. The lowest BCUT2D eigenvalue weighted by Crippen LogP contribution is -2.44. The smallest absolute Gasteiger partial charge is 0.255 e. The highest BCUT2D eigenvalue weighted by atomic mass is 35.5. The van der Waals surface area contributed by atoms with Crippen LogP contribution in [0.1, 0.15) is 17.3 Å². The number of thiol groups is 1. The van der Waals surface area contributed by atoms with Crippen molar-refractivity contribution in [2.75, 3.05) is 19.7 Å². The van der Waals surface area contributed by atoms with Crippen LogP contribution in [0.2, 0.25) is 5.02 Å². The summed E-state index contributed by atoms with van der Waals surface area (Å²) in [5.41, 5.74) is 0.508. The lowest BCUT2D eigenvalue weighted by atomic mass is 10.1. The first kappa shape index (κ1) is 12.7. The van der Waals surface area contributed by atoms with Crippen molar-refractivity contribution in [2.24, 2.45) is 0 Å². The molecule has 0 spiro atoms. The van der Waals surface area contributed by atoms with Gasteiger partial charge in [-0.2, -0.15) is 0 Å². The molecule has 1 aromatic rings. The van der Waals surface area contributed by atoms with Crippen LogP contribution in [0.3, 0.4) is 0 Å². The van der Waals surface area contributed by atoms with Gasteiger partial charge in [-0.3, -0.25) is 4.79 Å². The number of benzene rings is 1. The third-order valence-electron chi connectivity index (χ3n) is 2.71. The van der Waals surface area contributed by atoms with Gasteiger partial charge < -0.3 is 9.64 Å². The number of halogens is 1. The van der Waals surface area contributed by atoms with E-state index in [0.717, 1.165) is 4.90 Å². The number of amides is 1. The molecule has 1 aliphatic rings. The van der Waals surface area contributed by atoms with E-state index in [9.17, 15) is 4.79 Å². The Morgan fingerprint density at radius 2 is 2.35 bits per heavy atom. The first-order valence-electron chi connectivity index (χ1n) is 5.47. The van der Waals surface area contributed by atoms with Gasteiger partial charge in [0.1, 0.15) is 0 Å². The van der Waals surface area contributed by atoms with Crippen LogP contribution in [0.15, 0.2) is 23.1 Å². The predicted molar refractivity (Wildman–Crippen MR) is 70.0 cm³/mol. The van der Waals surface area contributed by atoms with Crippen molar-refractivity contribution in [3.63, 3.8) is 0 Å². The fourth-order valence-corrected chi connectivity index (χ4v) is 2.25. The largest absolute Gasteiger partial charge is 0.375 e. The molecule has 1 aromatic carbocycles. The second kappa shape index (κ2) is 5.29. The average molecular weight is 272 g/mol. The molecule has 0 saturated carbocycles. The Morgan fingerprint density at radius 1 is 1.59 bits per heavy atom. The van der Waals surface area contributed by atoms with Gasteiger partial charge in [0.2, 0.25) is 0 Å². The normalized spacial score (nSPS) is 20.4. The molecular weight excluding hydrogens is 258 g/mol. The molecule has 0 N–H and O–H groups in total. The van der Waals surface area contributed by atoms with Gasteiger partial charge in [-0.15, -0.1) is 12.6 Å². The Hall–Kier alpha value is -0.710. The number of carbonyl (C=O) groups excluding carboxylic acids is 1. The zero-order chi connectivity index (χ0) is 12.4. The fourth-order valence-electron chi connectivity index (χ4n) is 1.85. The summed E-state index contributed by atoms with van der Waals surface area (Å²) in [6.45, 7) is 3.74. The number of rotatable bonds is 1. The number of morpholine rings is 1. The van der Waals surface area contributed by atoms with Crippen molar-refractivity contribution in [1.29, 1.82) is 0 Å². The van der Waals surface area contributed by atoms with E-state index < -0.39 is 0 Å². The van der Waals surface area contributed by atoms with Crippen molar-refractivity contribution < 1.29 is 9.53 Å². The van der Waals surface area contributed by atoms with E-state index >= 15 is 0 Å². The highest BCUT2D eigenvalue weighted by Crippen LogP contribution is 2.22. The van der Waals surface area contributed by atoms with Crippen LogP contribution in [-0.2, 0) is 4.74 Å². The average Bonchev–Trinajstić information content (AvgIpc) is 2.31. The topological polar surface area (TPSA) is 29.5 Å². The van der Waals surface area contributed by atoms with Crippen molar-refractivity contribution in [1.82, 2.24) is 4.90 Å². The van der Waals surface area contributed by atoms with Crippen LogP contribution < -0.4 is 0 Å². The molecule has 2 rings (SSSR count). The Kier molecular flexibility index (Phi) is 3.97. The van der Waals surface area contributed by atoms with Crippen LogP contribution in [0.5, 0.6) is 0 Å². The molecule has 92 valence electrons. The number of ether oxygens (including phenoxy) is 1. The summed E-state index contributed by atoms with van der Waals surface area (Å²) in [4.78, 5) is 14.8. The van der Waals surface area contributed by atoms with Gasteiger partial charge >= 0.3 is 0 Å². The summed E-state index contributed by atoms with van der Waals surface area (Å²) < 4.78 is 5.41. The second-order valence-electron chi connectivity index (χ2n) is 4.10. The molecule has 1 atom stereocenters. The Morgan fingerprint density at radius 3 is 3.06 bits per heavy atom. The molecule has 0 aliphatic carbocycles. The van der Waals surface area contributed by atoms with Gasteiger partial charge in [0, 0.05) is 18.0 Å². The summed E-state index contributed by atoms with van der Waals surface area (Å²) in [5, 5.41) is 0.465. The molecule has 3 nitrogen and oxygen atoms in total. The molecule has 1 fully saturated rings. The van der Waals surface area contributed by atoms with Crippen molar-refractivity contribution >= 4 is 30.1 Å². The number of nitrogens with zero attached hydrogens (tertiary/aromatic N) is 1. The standard InChI is InChI=1S/C12H14ClNO2S/c1-8-7-14(4-5-16-8)12(15)10-6-9(17)2-3-11(10)13/h2-3,6,8,17H,4-5,7H2,1H3. The zero-order valence-electron chi connectivity index (χ0n) is 9.52. The van der Waals surface area contributed by atoms with E-state index in [0.29, 0.717) is 30.3 Å². The summed E-state index contributed by atoms with van der Waals surface area (Å²) in [6, 6.07) is 5.17. The van der Waals surface area contributed by atoms with E-state index in [2.05, 4.69) is 12.6 Å². The van der Waals surface area contributed by atoms with E-state index in [-0.39, 0.29) is 12.0 Å². The fraction of sp³-hybridized carbons (Fsp3) is 0.417. The molecule has 1 unspecified atom stereocenters. The monoisotopic (exact) mass is 271 g/mol. The van der Waals surface area contributed by atoms with Crippen LogP contribution in [0, 0.1) is 0 Å². The summed E-state index contributed by atoms with van der Waals surface area (Å²) in [7, 11) is 0. The SMILES string of the molecule is CC1CN(C(=O)c2cc(S)ccc2Cl)CCO1. The highest BCUT2D eigenvalue weighted by Gasteiger charge is 2.23. The van der Waals surface area contributed by atoms with Crippen LogP contribution >= 0.6 is 24.2 Å². The van der Waals surface area contributed by atoms with Crippen LogP contribution in [0.4, 0.5) is 0 Å². The van der Waals surface area contributed by atoms with Crippen molar-refractivity contribution in [2.45, 2.75) is 17.9 Å². The van der Waals surface area contributed by atoms with E-state index in [1.807, 2.05) is 6.92 Å². The number of hydrogen-bond acceptors (Lipinski definition) is 3. The predicted octanol–water partition coefficient (Wildman–Crippen LogP) is 2.49. The lowest BCUT2D eigenvalue weighted by Gasteiger charge is -2.31. The van der Waals surface area contributed by atoms with Gasteiger partial charge in [-0.05, 0) is 25.1 Å². The first-order chi connectivity index (χ1) is 8.08. The van der Waals surface area contributed by atoms with Gasteiger partial charge in [0.25, 0.3) is 5.91 Å². The van der Waals surface area contributed by atoms with Gasteiger partial charge in [-0.1, -0.05) is 11.6 Å². The highest BCUT2D eigenvalue weighted by molar-refractivity contribution is 7.80. The van der Waals surface area contributed by atoms with Crippen LogP contribution in [-0.4, -0.2) is 36.6 Å². The minimum Gasteiger partial charge on any atom is -0.375 e. The third-order valence-corrected chi connectivity index (χ3v) is 3.32. The van der Waals surface area contributed by atoms with E-state index in [1.54, 1.807) is 23.1 Å². The molecular formula is C12H14ClNO2S. The summed E-state index contributed by atoms with van der Waals surface area (Å²) >= 11 is 10.3. The lowest BCUT2D eigenvalue weighted by molar-refractivity contribution is -0.0124. The quantitative estimate of drug-likeness (QED) is 0.796. The Bertz CT molecular complexity index is 439. The molecule has 0 radical (unpaired) electrons. The summed E-state index contributed by atoms with van der Waals surface area (Å²) in [5.74, 6) is -0.0546. The third kappa shape index (κ3) is 2.94. The maximum Gasteiger partial charge on any atom is 0.255 e. The van der Waals surface area contributed by atoms with E-state index in [1.165, 1.54) is 0 Å². The Balaban J connectivity index is 2.21. The van der Waals surface area contributed by atoms with Gasteiger partial charge in [-0.25, -0.2) is 0 Å². The number of carbonyl (C=O) groups is 1. The zero-order valence-corrected chi connectivity index (χ0v) is 11.2. The molecule has 5 heteroatoms. The molecule has 17 heavy (non-hydrogen) atoms. The van der Waals surface area contributed by atoms with Crippen molar-refractivity contribution in [3.8, 4) is 0 Å². The summed E-state index contributed by atoms with van der Waals surface area (Å²) in [6.07, 6.45) is 0.0747. The molecule has 1 heterocycles. The van der Waals surface area contributed by atoms with E-state index in [4.69, 9.17) is 16.3 Å².